The van der Waals surface area contributed by atoms with E-state index >= 15 is 0 Å². The Labute approximate surface area is 145 Å². The number of carboxylic acid groups (broad SMARTS) is 1. The second-order valence-electron chi connectivity index (χ2n) is 5.88. The van der Waals surface area contributed by atoms with Gasteiger partial charge in [-0.1, -0.05) is 12.1 Å². The van der Waals surface area contributed by atoms with Crippen LogP contribution in [0.4, 0.5) is 5.69 Å². The van der Waals surface area contributed by atoms with E-state index in [-0.39, 0.29) is 23.9 Å². The van der Waals surface area contributed by atoms with Crippen molar-refractivity contribution < 1.29 is 19.5 Å². The molecular weight excluding hydrogens is 320 g/mol. The fourth-order valence-corrected chi connectivity index (χ4v) is 2.81. The maximum atomic E-state index is 12.2. The van der Waals surface area contributed by atoms with Gasteiger partial charge in [0.25, 0.3) is 5.91 Å². The first kappa shape index (κ1) is 16.7. The number of hydrogen-bond donors (Lipinski definition) is 2. The molecule has 1 fully saturated rings. The number of anilines is 1. The summed E-state index contributed by atoms with van der Waals surface area (Å²) in [5, 5.41) is 11.8. The molecule has 2 N–H and O–H groups in total. The van der Waals surface area contributed by atoms with Gasteiger partial charge in [-0.25, -0.2) is 4.79 Å². The second kappa shape index (κ2) is 7.17. The molecule has 0 unspecified atom stereocenters. The lowest BCUT2D eigenvalue weighted by molar-refractivity contribution is -0.117. The van der Waals surface area contributed by atoms with Crippen molar-refractivity contribution in [2.24, 2.45) is 0 Å². The lowest BCUT2D eigenvalue weighted by Gasteiger charge is -2.15. The molecule has 25 heavy (non-hydrogen) atoms. The maximum Gasteiger partial charge on any atom is 0.335 e. The van der Waals surface area contributed by atoms with Gasteiger partial charge in [-0.15, -0.1) is 0 Å². The highest BCUT2D eigenvalue weighted by Crippen LogP contribution is 2.21. The first-order chi connectivity index (χ1) is 12.0. The van der Waals surface area contributed by atoms with Gasteiger partial charge in [0.1, 0.15) is 0 Å². The number of nitrogens with one attached hydrogen (secondary N) is 1. The van der Waals surface area contributed by atoms with E-state index in [9.17, 15) is 14.4 Å². The Balaban J connectivity index is 1.62. The third-order valence-electron chi connectivity index (χ3n) is 4.14. The fourth-order valence-electron chi connectivity index (χ4n) is 2.81. The van der Waals surface area contributed by atoms with Crippen LogP contribution in [0, 0.1) is 0 Å². The molecule has 1 saturated heterocycles. The van der Waals surface area contributed by atoms with E-state index in [0.717, 1.165) is 12.1 Å². The van der Waals surface area contributed by atoms with Crippen LogP contribution >= 0.6 is 0 Å². The minimum absolute atomic E-state index is 0.107. The Morgan fingerprint density at radius 2 is 1.84 bits per heavy atom. The highest BCUT2D eigenvalue weighted by atomic mass is 16.4. The molecule has 6 heteroatoms. The molecule has 1 aliphatic rings. The van der Waals surface area contributed by atoms with Crippen LogP contribution in [-0.2, 0) is 11.3 Å². The van der Waals surface area contributed by atoms with Crippen molar-refractivity contribution in [3.63, 3.8) is 0 Å². The minimum Gasteiger partial charge on any atom is -0.478 e. The topological polar surface area (TPSA) is 86.7 Å². The largest absolute Gasteiger partial charge is 0.478 e. The smallest absolute Gasteiger partial charge is 0.335 e. The SMILES string of the molecule is O=C(O)c1cccc(CNC(=O)c2ccc(N3CCCC3=O)cc2)c1. The normalized spacial score (nSPS) is 13.8. The van der Waals surface area contributed by atoms with Crippen molar-refractivity contribution in [1.29, 1.82) is 0 Å². The number of nitrogens with zero attached hydrogens (tertiary/aromatic N) is 1. The average Bonchev–Trinajstić information content (AvgIpc) is 3.06. The summed E-state index contributed by atoms with van der Waals surface area (Å²) in [6.07, 6.45) is 1.42. The van der Waals surface area contributed by atoms with Gasteiger partial charge in [0, 0.05) is 30.8 Å². The number of carboxylic acids is 1. The molecule has 3 rings (SSSR count). The molecule has 6 nitrogen and oxygen atoms in total. The highest BCUT2D eigenvalue weighted by molar-refractivity contribution is 5.97. The molecule has 0 aromatic heterocycles. The van der Waals surface area contributed by atoms with Crippen LogP contribution in [0.2, 0.25) is 0 Å². The van der Waals surface area contributed by atoms with Crippen molar-refractivity contribution in [3.05, 3.63) is 65.2 Å². The van der Waals surface area contributed by atoms with E-state index in [1.54, 1.807) is 41.3 Å². The number of aromatic carboxylic acids is 1. The molecular formula is C19H18N2O4. The van der Waals surface area contributed by atoms with Crippen molar-refractivity contribution in [3.8, 4) is 0 Å². The Kier molecular flexibility index (Phi) is 4.79. The van der Waals surface area contributed by atoms with Gasteiger partial charge < -0.3 is 15.3 Å². The molecule has 2 aromatic carbocycles. The predicted molar refractivity (Wildman–Crippen MR) is 92.6 cm³/mol. The van der Waals surface area contributed by atoms with Gasteiger partial charge >= 0.3 is 5.97 Å². The number of benzene rings is 2. The van der Waals surface area contributed by atoms with Crippen LogP contribution in [-0.4, -0.2) is 29.4 Å². The van der Waals surface area contributed by atoms with Gasteiger partial charge in [-0.2, -0.15) is 0 Å². The van der Waals surface area contributed by atoms with E-state index in [1.165, 1.54) is 12.1 Å². The van der Waals surface area contributed by atoms with Gasteiger partial charge in [-0.05, 0) is 48.4 Å². The zero-order valence-electron chi connectivity index (χ0n) is 13.6. The second-order valence-corrected chi connectivity index (χ2v) is 5.88. The first-order valence-corrected chi connectivity index (χ1v) is 8.05. The van der Waals surface area contributed by atoms with Crippen LogP contribution in [0.3, 0.4) is 0 Å². The molecule has 0 aliphatic carbocycles. The van der Waals surface area contributed by atoms with Gasteiger partial charge in [-0.3, -0.25) is 9.59 Å². The Morgan fingerprint density at radius 1 is 1.08 bits per heavy atom. The summed E-state index contributed by atoms with van der Waals surface area (Å²) in [5.74, 6) is -1.14. The molecule has 1 heterocycles. The van der Waals surface area contributed by atoms with Crippen molar-refractivity contribution in [1.82, 2.24) is 5.32 Å². The third-order valence-corrected chi connectivity index (χ3v) is 4.14. The average molecular weight is 338 g/mol. The van der Waals surface area contributed by atoms with Gasteiger partial charge in [0.15, 0.2) is 0 Å². The van der Waals surface area contributed by atoms with E-state index in [4.69, 9.17) is 5.11 Å². The standard InChI is InChI=1S/C19H18N2O4/c22-17-5-2-10-21(17)16-8-6-14(7-9-16)18(23)20-12-13-3-1-4-15(11-13)19(24)25/h1,3-4,6-9,11H,2,5,10,12H2,(H,20,23)(H,24,25). The fraction of sp³-hybridized carbons (Fsp3) is 0.211. The zero-order valence-corrected chi connectivity index (χ0v) is 13.6. The number of hydrogen-bond acceptors (Lipinski definition) is 3. The minimum atomic E-state index is -1.000. The van der Waals surface area contributed by atoms with E-state index in [0.29, 0.717) is 24.1 Å². The molecule has 2 amide bonds. The molecule has 0 radical (unpaired) electrons. The predicted octanol–water partition coefficient (Wildman–Crippen LogP) is 2.44. The lowest BCUT2D eigenvalue weighted by Crippen LogP contribution is -2.25. The van der Waals surface area contributed by atoms with Gasteiger partial charge in [0.05, 0.1) is 5.56 Å². The molecule has 0 bridgehead atoms. The van der Waals surface area contributed by atoms with E-state index in [2.05, 4.69) is 5.32 Å². The zero-order chi connectivity index (χ0) is 17.8. The number of rotatable bonds is 5. The molecule has 1 aliphatic heterocycles. The van der Waals surface area contributed by atoms with E-state index < -0.39 is 5.97 Å². The van der Waals surface area contributed by atoms with E-state index in [1.807, 2.05) is 0 Å². The Bertz CT molecular complexity index is 814. The summed E-state index contributed by atoms with van der Waals surface area (Å²) in [5.41, 5.74) is 2.19. The summed E-state index contributed by atoms with van der Waals surface area (Å²) in [6, 6.07) is 13.3. The summed E-state index contributed by atoms with van der Waals surface area (Å²) in [6.45, 7) is 0.955. The quantitative estimate of drug-likeness (QED) is 0.877. The van der Waals surface area contributed by atoms with Crippen LogP contribution in [0.5, 0.6) is 0 Å². The van der Waals surface area contributed by atoms with Crippen LogP contribution in [0.25, 0.3) is 0 Å². The highest BCUT2D eigenvalue weighted by Gasteiger charge is 2.21. The summed E-state index contributed by atoms with van der Waals surface area (Å²) >= 11 is 0. The lowest BCUT2D eigenvalue weighted by atomic mass is 10.1. The molecule has 128 valence electrons. The van der Waals surface area contributed by atoms with Crippen LogP contribution in [0.1, 0.15) is 39.1 Å². The molecule has 0 spiro atoms. The Hall–Kier alpha value is -3.15. The third kappa shape index (κ3) is 3.85. The van der Waals surface area contributed by atoms with Crippen molar-refractivity contribution in [2.45, 2.75) is 19.4 Å². The van der Waals surface area contributed by atoms with Crippen molar-refractivity contribution in [2.75, 3.05) is 11.4 Å². The maximum absolute atomic E-state index is 12.2. The Morgan fingerprint density at radius 3 is 2.48 bits per heavy atom. The molecule has 0 atom stereocenters. The summed E-state index contributed by atoms with van der Waals surface area (Å²) in [7, 11) is 0. The van der Waals surface area contributed by atoms with Gasteiger partial charge in [0.2, 0.25) is 5.91 Å². The number of carbonyl (C=O) groups is 3. The number of amides is 2. The molecule has 2 aromatic rings. The number of carbonyl (C=O) groups excluding carboxylic acids is 2. The van der Waals surface area contributed by atoms with Crippen molar-refractivity contribution >= 4 is 23.5 Å². The monoisotopic (exact) mass is 338 g/mol. The summed E-state index contributed by atoms with van der Waals surface area (Å²) < 4.78 is 0. The van der Waals surface area contributed by atoms with Crippen LogP contribution in [0.15, 0.2) is 48.5 Å². The van der Waals surface area contributed by atoms with Crippen LogP contribution < -0.4 is 10.2 Å². The summed E-state index contributed by atoms with van der Waals surface area (Å²) in [4.78, 5) is 36.6. The molecule has 0 saturated carbocycles. The first-order valence-electron chi connectivity index (χ1n) is 8.05.